The number of aliphatic hydroxyl groups is 2. The van der Waals surface area contributed by atoms with Gasteiger partial charge >= 0.3 is 6.03 Å². The van der Waals surface area contributed by atoms with Gasteiger partial charge in [-0.2, -0.15) is 0 Å². The lowest BCUT2D eigenvalue weighted by atomic mass is 9.32. The van der Waals surface area contributed by atoms with Crippen molar-refractivity contribution in [2.75, 3.05) is 19.7 Å². The van der Waals surface area contributed by atoms with Crippen LogP contribution >= 0.6 is 0 Å². The van der Waals surface area contributed by atoms with E-state index in [1.54, 1.807) is 4.90 Å². The summed E-state index contributed by atoms with van der Waals surface area (Å²) in [6.07, 6.45) is 12.2. The van der Waals surface area contributed by atoms with Crippen molar-refractivity contribution >= 4 is 11.8 Å². The summed E-state index contributed by atoms with van der Waals surface area (Å²) in [5.41, 5.74) is -1.82. The van der Waals surface area contributed by atoms with Crippen LogP contribution in [0.15, 0.2) is 72.3 Å². The normalized spacial score (nSPS) is 39.2. The maximum atomic E-state index is 14.7. The highest BCUT2D eigenvalue weighted by atomic mass is 19.2. The average Bonchev–Trinajstić information content (AvgIpc) is 3.74. The molecule has 1 unspecified atom stereocenters. The number of amides is 2. The van der Waals surface area contributed by atoms with E-state index in [0.29, 0.717) is 50.8 Å². The van der Waals surface area contributed by atoms with Gasteiger partial charge in [0, 0.05) is 40.5 Å². The number of rotatable bonds is 8. The second-order valence-corrected chi connectivity index (χ2v) is 17.4. The average molecular weight is 715 g/mol. The Balaban J connectivity index is 1.17. The van der Waals surface area contributed by atoms with Crippen LogP contribution in [0.4, 0.5) is 13.6 Å². The fraction of sp³-hybridized carbons (Fsp3) is 0.581. The molecular formula is C43H52F2N2O5. The van der Waals surface area contributed by atoms with E-state index in [-0.39, 0.29) is 53.3 Å². The molecule has 52 heavy (non-hydrogen) atoms. The second kappa shape index (κ2) is 12.6. The third-order valence-electron chi connectivity index (χ3n) is 15.0. The third-order valence-corrected chi connectivity index (χ3v) is 15.0. The Morgan fingerprint density at radius 3 is 2.42 bits per heavy atom. The number of urea groups is 1. The first-order valence-electron chi connectivity index (χ1n) is 19.3. The zero-order chi connectivity index (χ0) is 36.7. The molecule has 3 N–H and O–H groups in total. The van der Waals surface area contributed by atoms with Crippen LogP contribution < -0.4 is 5.32 Å². The van der Waals surface area contributed by atoms with E-state index in [1.165, 1.54) is 6.07 Å². The number of Topliss-reactive ketones (excluding diaryl/α,β-unsaturated/α-hetero) is 1. The fourth-order valence-corrected chi connectivity index (χ4v) is 12.1. The van der Waals surface area contributed by atoms with Crippen molar-refractivity contribution in [3.8, 4) is 0 Å². The number of carbonyl (C=O) groups excluding carboxylic acids is 2. The quantitative estimate of drug-likeness (QED) is 0.193. The molecule has 3 saturated carbocycles. The van der Waals surface area contributed by atoms with E-state index in [2.05, 4.69) is 37.4 Å². The highest BCUT2D eigenvalue weighted by molar-refractivity contribution is 6.10. The minimum atomic E-state index is -1.26. The first-order valence-corrected chi connectivity index (χ1v) is 19.3. The molecule has 1 saturated heterocycles. The molecule has 4 fully saturated rings. The van der Waals surface area contributed by atoms with Crippen molar-refractivity contribution in [3.63, 3.8) is 0 Å². The molecule has 7 nitrogen and oxygen atoms in total. The predicted molar refractivity (Wildman–Crippen MR) is 193 cm³/mol. The van der Waals surface area contributed by atoms with Gasteiger partial charge in [-0.25, -0.2) is 13.6 Å². The SMILES string of the molecule is C[C@@H](NC(=O)N(C[C@H]1CCCO1)C[C@]1(O)CC[C@H]2[C@]34C=C[C@@]5(C=C3C(=O)c3ccc(F)c(F)c3)CC(O)CC[C@]5(C)[C@H]4CC[C@@]21C)c1ccccc1. The lowest BCUT2D eigenvalue weighted by Gasteiger charge is -2.71. The van der Waals surface area contributed by atoms with Gasteiger partial charge in [0.1, 0.15) is 0 Å². The van der Waals surface area contributed by atoms with Crippen molar-refractivity contribution in [1.29, 1.82) is 0 Å². The molecule has 9 heteroatoms. The van der Waals surface area contributed by atoms with E-state index < -0.39 is 39.6 Å². The Bertz CT molecular complexity index is 1810. The number of benzene rings is 2. The molecule has 7 aliphatic rings. The molecule has 1 aliphatic heterocycles. The van der Waals surface area contributed by atoms with Crippen molar-refractivity contribution in [2.24, 2.45) is 33.5 Å². The molecule has 2 bridgehead atoms. The van der Waals surface area contributed by atoms with Crippen LogP contribution in [0.5, 0.6) is 0 Å². The zero-order valence-electron chi connectivity index (χ0n) is 30.5. The molecule has 0 aromatic heterocycles. The summed E-state index contributed by atoms with van der Waals surface area (Å²) in [6.45, 7) is 7.55. The molecule has 2 spiro atoms. The number of fused-ring (bicyclic) bond motifs is 1. The van der Waals surface area contributed by atoms with Crippen LogP contribution in [0.2, 0.25) is 0 Å². The number of hydrogen-bond donors (Lipinski definition) is 3. The van der Waals surface area contributed by atoms with E-state index in [1.807, 2.05) is 37.3 Å². The lowest BCUT2D eigenvalue weighted by Crippen LogP contribution is -2.67. The Hall–Kier alpha value is -3.40. The van der Waals surface area contributed by atoms with Gasteiger partial charge in [-0.05, 0) is 106 Å². The standard InChI is InChI=1S/C43H52F2N2O5/c1-27(28-8-5-4-6-9-28)46-38(50)47(25-31-10-7-21-52-31)26-42(51)18-15-36-40(42,3)17-14-35-39(2)16-13-30(48)23-41(39)19-20-43(35,36)32(24-41)37(49)29-11-12-33(44)34(45)22-29/h4-6,8-9,11-12,19-20,22,24,27,30-31,35-36,48,51H,7,10,13-18,21,23,25-26H2,1-3H3,(H,46,50)/t27-,30?,31-,35-,36-,39-,40+,41+,42-,43-/m1/s1. The Morgan fingerprint density at radius 2 is 1.69 bits per heavy atom. The highest BCUT2D eigenvalue weighted by Gasteiger charge is 2.74. The molecule has 2 aromatic carbocycles. The molecule has 9 rings (SSSR count). The van der Waals surface area contributed by atoms with Gasteiger partial charge in [0.15, 0.2) is 17.4 Å². The molecule has 1 heterocycles. The minimum absolute atomic E-state index is 0.0465. The topological polar surface area (TPSA) is 99.1 Å². The van der Waals surface area contributed by atoms with Crippen LogP contribution in [0.1, 0.15) is 101 Å². The molecule has 0 radical (unpaired) electrons. The van der Waals surface area contributed by atoms with Crippen molar-refractivity contribution in [2.45, 2.75) is 102 Å². The largest absolute Gasteiger partial charge is 0.393 e. The first-order chi connectivity index (χ1) is 24.8. The van der Waals surface area contributed by atoms with Crippen LogP contribution in [0, 0.1) is 45.1 Å². The minimum Gasteiger partial charge on any atom is -0.393 e. The summed E-state index contributed by atoms with van der Waals surface area (Å²) < 4.78 is 34.7. The second-order valence-electron chi connectivity index (χ2n) is 17.4. The summed E-state index contributed by atoms with van der Waals surface area (Å²) in [5.74, 6) is -2.51. The Labute approximate surface area is 305 Å². The lowest BCUT2D eigenvalue weighted by molar-refractivity contribution is -0.175. The van der Waals surface area contributed by atoms with Crippen LogP contribution in [-0.2, 0) is 4.74 Å². The van der Waals surface area contributed by atoms with Crippen molar-refractivity contribution < 1.29 is 33.3 Å². The number of ketones is 1. The van der Waals surface area contributed by atoms with E-state index in [0.717, 1.165) is 43.4 Å². The number of hydrogen-bond acceptors (Lipinski definition) is 5. The Kier molecular flexibility index (Phi) is 8.63. The predicted octanol–water partition coefficient (Wildman–Crippen LogP) is 7.69. The number of aliphatic hydroxyl groups excluding tert-OH is 1. The van der Waals surface area contributed by atoms with Crippen molar-refractivity contribution in [3.05, 3.63) is 95.1 Å². The van der Waals surface area contributed by atoms with Gasteiger partial charge in [0.2, 0.25) is 0 Å². The number of nitrogens with one attached hydrogen (secondary N) is 1. The molecule has 10 atom stereocenters. The highest BCUT2D eigenvalue weighted by Crippen LogP contribution is 2.78. The van der Waals surface area contributed by atoms with Gasteiger partial charge in [-0.3, -0.25) is 4.79 Å². The van der Waals surface area contributed by atoms with E-state index in [4.69, 9.17) is 4.74 Å². The maximum Gasteiger partial charge on any atom is 0.318 e. The van der Waals surface area contributed by atoms with Crippen LogP contribution in [-0.4, -0.2) is 64.4 Å². The maximum absolute atomic E-state index is 14.7. The number of nitrogens with zero attached hydrogens (tertiary/aromatic N) is 1. The van der Waals surface area contributed by atoms with Gasteiger partial charge in [-0.1, -0.05) is 62.4 Å². The number of carbonyl (C=O) groups is 2. The van der Waals surface area contributed by atoms with Gasteiger partial charge in [0.05, 0.1) is 30.4 Å². The van der Waals surface area contributed by atoms with Gasteiger partial charge < -0.3 is 25.2 Å². The van der Waals surface area contributed by atoms with Crippen LogP contribution in [0.25, 0.3) is 0 Å². The van der Waals surface area contributed by atoms with Gasteiger partial charge in [0.25, 0.3) is 0 Å². The third kappa shape index (κ3) is 5.19. The molecule has 2 aromatic rings. The summed E-state index contributed by atoms with van der Waals surface area (Å²) in [4.78, 5) is 30.6. The first kappa shape index (κ1) is 35.6. The number of halogens is 2. The summed E-state index contributed by atoms with van der Waals surface area (Å²) in [5, 5.41) is 27.2. The number of allylic oxidation sites excluding steroid dienone is 4. The Morgan fingerprint density at radius 1 is 0.962 bits per heavy atom. The van der Waals surface area contributed by atoms with E-state index >= 15 is 0 Å². The molecule has 6 aliphatic carbocycles. The smallest absolute Gasteiger partial charge is 0.318 e. The van der Waals surface area contributed by atoms with Crippen molar-refractivity contribution in [1.82, 2.24) is 10.2 Å². The molecule has 2 amide bonds. The van der Waals surface area contributed by atoms with Gasteiger partial charge in [-0.15, -0.1) is 0 Å². The monoisotopic (exact) mass is 714 g/mol. The fourth-order valence-electron chi connectivity index (χ4n) is 12.1. The summed E-state index contributed by atoms with van der Waals surface area (Å²) in [6, 6.07) is 12.7. The number of ether oxygens (including phenoxy) is 1. The zero-order valence-corrected chi connectivity index (χ0v) is 30.5. The summed E-state index contributed by atoms with van der Waals surface area (Å²) in [7, 11) is 0. The van der Waals surface area contributed by atoms with E-state index in [9.17, 15) is 28.6 Å². The van der Waals surface area contributed by atoms with Crippen LogP contribution in [0.3, 0.4) is 0 Å². The molecule has 278 valence electrons. The summed E-state index contributed by atoms with van der Waals surface area (Å²) >= 11 is 0. The molecular weight excluding hydrogens is 662 g/mol.